The van der Waals surface area contributed by atoms with Crippen molar-refractivity contribution in [3.63, 3.8) is 0 Å². The Balaban J connectivity index is 1.71. The first-order chi connectivity index (χ1) is 16.9. The van der Waals surface area contributed by atoms with Gasteiger partial charge in [0.1, 0.15) is 18.1 Å². The molecule has 0 spiro atoms. The van der Waals surface area contributed by atoms with Crippen LogP contribution in [-0.2, 0) is 21.4 Å². The lowest BCUT2D eigenvalue weighted by Crippen LogP contribution is -2.39. The van der Waals surface area contributed by atoms with Crippen molar-refractivity contribution in [1.29, 1.82) is 0 Å². The van der Waals surface area contributed by atoms with Crippen molar-refractivity contribution >= 4 is 22.1 Å². The fourth-order valence-corrected chi connectivity index (χ4v) is 4.47. The van der Waals surface area contributed by atoms with Crippen LogP contribution in [0.5, 0.6) is 11.5 Å². The molecule has 0 unspecified atom stereocenters. The monoisotopic (exact) mass is 493 g/mol. The molecule has 1 amide bonds. The van der Waals surface area contributed by atoms with Gasteiger partial charge in [0.05, 0.1) is 24.8 Å². The topological polar surface area (TPSA) is 97.3 Å². The van der Waals surface area contributed by atoms with E-state index in [4.69, 9.17) is 9.47 Å². The van der Waals surface area contributed by atoms with Gasteiger partial charge in [-0.25, -0.2) is 13.8 Å². The first kappa shape index (κ1) is 25.7. The number of hydrazone groups is 1. The molecular weight excluding hydrogens is 466 g/mol. The summed E-state index contributed by atoms with van der Waals surface area (Å²) >= 11 is 0. The van der Waals surface area contributed by atoms with Crippen LogP contribution in [0.15, 0.2) is 102 Å². The van der Waals surface area contributed by atoms with E-state index < -0.39 is 22.5 Å². The second kappa shape index (κ2) is 12.5. The molecule has 1 N–H and O–H groups in total. The lowest BCUT2D eigenvalue weighted by atomic mass is 10.2. The first-order valence-corrected chi connectivity index (χ1v) is 12.2. The van der Waals surface area contributed by atoms with Crippen LogP contribution in [-0.4, -0.2) is 45.1 Å². The minimum atomic E-state index is -3.96. The zero-order valence-corrected chi connectivity index (χ0v) is 20.1. The number of benzene rings is 3. The average Bonchev–Trinajstić information content (AvgIpc) is 2.88. The Hall–Kier alpha value is -3.95. The summed E-state index contributed by atoms with van der Waals surface area (Å²) in [5.74, 6) is 0.650. The van der Waals surface area contributed by atoms with Crippen LogP contribution in [0.1, 0.15) is 11.1 Å². The number of ether oxygens (including phenoxy) is 2. The summed E-state index contributed by atoms with van der Waals surface area (Å²) in [6.07, 6.45) is 3.12. The average molecular weight is 494 g/mol. The van der Waals surface area contributed by atoms with Crippen LogP contribution in [0.4, 0.5) is 0 Å². The predicted octanol–water partition coefficient (Wildman–Crippen LogP) is 3.60. The van der Waals surface area contributed by atoms with Crippen molar-refractivity contribution in [2.45, 2.75) is 11.4 Å². The SMILES string of the molecule is C=CCOc1ccc(/C=N\NC(=O)CN(Cc2ccccc2)S(=O)(=O)c2ccc(OC)cc2)cc1. The molecule has 0 saturated carbocycles. The largest absolute Gasteiger partial charge is 0.497 e. The number of amides is 1. The van der Waals surface area contributed by atoms with Crippen molar-refractivity contribution in [3.8, 4) is 11.5 Å². The van der Waals surface area contributed by atoms with Gasteiger partial charge in [0.2, 0.25) is 10.0 Å². The number of carbonyl (C=O) groups is 1. The van der Waals surface area contributed by atoms with Gasteiger partial charge < -0.3 is 9.47 Å². The molecule has 9 heteroatoms. The van der Waals surface area contributed by atoms with Gasteiger partial charge in [-0.05, 0) is 59.7 Å². The van der Waals surface area contributed by atoms with Gasteiger partial charge in [-0.3, -0.25) is 4.79 Å². The molecule has 0 aliphatic rings. The zero-order valence-electron chi connectivity index (χ0n) is 19.3. The Kier molecular flexibility index (Phi) is 9.16. The van der Waals surface area contributed by atoms with Gasteiger partial charge in [0, 0.05) is 6.54 Å². The van der Waals surface area contributed by atoms with E-state index >= 15 is 0 Å². The van der Waals surface area contributed by atoms with Crippen LogP contribution in [0, 0.1) is 0 Å². The summed E-state index contributed by atoms with van der Waals surface area (Å²) in [6, 6.07) is 22.2. The van der Waals surface area contributed by atoms with Crippen LogP contribution in [0.25, 0.3) is 0 Å². The molecule has 0 atom stereocenters. The van der Waals surface area contributed by atoms with Crippen molar-refractivity contribution in [1.82, 2.24) is 9.73 Å². The van der Waals surface area contributed by atoms with Crippen molar-refractivity contribution in [2.75, 3.05) is 20.3 Å². The number of carbonyl (C=O) groups excluding carboxylic acids is 1. The van der Waals surface area contributed by atoms with E-state index in [9.17, 15) is 13.2 Å². The molecule has 0 bridgehead atoms. The van der Waals surface area contributed by atoms with Crippen LogP contribution < -0.4 is 14.9 Å². The van der Waals surface area contributed by atoms with Crippen LogP contribution in [0.2, 0.25) is 0 Å². The van der Waals surface area contributed by atoms with Gasteiger partial charge in [-0.2, -0.15) is 9.41 Å². The Labute approximate surface area is 205 Å². The van der Waals surface area contributed by atoms with Crippen molar-refractivity contribution < 1.29 is 22.7 Å². The highest BCUT2D eigenvalue weighted by Gasteiger charge is 2.27. The third-order valence-corrected chi connectivity index (χ3v) is 6.68. The molecule has 3 rings (SSSR count). The van der Waals surface area contributed by atoms with E-state index in [1.807, 2.05) is 18.2 Å². The highest BCUT2D eigenvalue weighted by atomic mass is 32.2. The Morgan fingerprint density at radius 3 is 2.29 bits per heavy atom. The molecule has 8 nitrogen and oxygen atoms in total. The molecule has 0 fully saturated rings. The number of hydrogen-bond acceptors (Lipinski definition) is 6. The number of sulfonamides is 1. The summed E-state index contributed by atoms with van der Waals surface area (Å²) in [5.41, 5.74) is 3.89. The molecule has 35 heavy (non-hydrogen) atoms. The Morgan fingerprint density at radius 1 is 1.00 bits per heavy atom. The quantitative estimate of drug-likeness (QED) is 0.236. The summed E-state index contributed by atoms with van der Waals surface area (Å²) in [6.45, 7) is 3.62. The minimum Gasteiger partial charge on any atom is -0.497 e. The third kappa shape index (κ3) is 7.53. The molecule has 0 aromatic heterocycles. The Bertz CT molecular complexity index is 1240. The summed E-state index contributed by atoms with van der Waals surface area (Å²) in [7, 11) is -2.46. The van der Waals surface area contributed by atoms with Crippen molar-refractivity contribution in [2.24, 2.45) is 5.10 Å². The van der Waals surface area contributed by atoms with Crippen LogP contribution >= 0.6 is 0 Å². The molecular formula is C26H27N3O5S. The molecule has 0 aliphatic carbocycles. The van der Waals surface area contributed by atoms with Gasteiger partial charge in [0.25, 0.3) is 5.91 Å². The maximum atomic E-state index is 13.3. The minimum absolute atomic E-state index is 0.0263. The normalized spacial score (nSPS) is 11.4. The first-order valence-electron chi connectivity index (χ1n) is 10.8. The molecule has 0 radical (unpaired) electrons. The van der Waals surface area contributed by atoms with E-state index in [2.05, 4.69) is 17.1 Å². The van der Waals surface area contributed by atoms with E-state index in [-0.39, 0.29) is 11.4 Å². The zero-order chi connectivity index (χ0) is 25.1. The van der Waals surface area contributed by atoms with Gasteiger partial charge in [-0.1, -0.05) is 43.0 Å². The fraction of sp³-hybridized carbons (Fsp3) is 0.154. The summed E-state index contributed by atoms with van der Waals surface area (Å²) in [5, 5.41) is 3.95. The standard InChI is InChI=1S/C26H27N3O5S/c1-3-17-34-24-11-9-21(10-12-24)18-27-28-26(30)20-29(19-22-7-5-4-6-8-22)35(31,32)25-15-13-23(33-2)14-16-25/h3-16,18H,1,17,19-20H2,2H3,(H,28,30)/b27-18-. The lowest BCUT2D eigenvalue weighted by Gasteiger charge is -2.21. The van der Waals surface area contributed by atoms with E-state index in [1.54, 1.807) is 54.6 Å². The predicted molar refractivity (Wildman–Crippen MR) is 135 cm³/mol. The highest BCUT2D eigenvalue weighted by Crippen LogP contribution is 2.21. The number of nitrogens with zero attached hydrogens (tertiary/aromatic N) is 2. The number of nitrogens with one attached hydrogen (secondary N) is 1. The second-order valence-electron chi connectivity index (χ2n) is 7.40. The molecule has 0 heterocycles. The number of rotatable bonds is 12. The van der Waals surface area contributed by atoms with Crippen molar-refractivity contribution in [3.05, 3.63) is 103 Å². The second-order valence-corrected chi connectivity index (χ2v) is 9.33. The molecule has 182 valence electrons. The lowest BCUT2D eigenvalue weighted by molar-refractivity contribution is -0.121. The van der Waals surface area contributed by atoms with E-state index in [0.717, 1.165) is 15.4 Å². The molecule has 0 aliphatic heterocycles. The highest BCUT2D eigenvalue weighted by molar-refractivity contribution is 7.89. The smallest absolute Gasteiger partial charge is 0.255 e. The van der Waals surface area contributed by atoms with E-state index in [1.165, 1.54) is 25.5 Å². The third-order valence-electron chi connectivity index (χ3n) is 4.87. The summed E-state index contributed by atoms with van der Waals surface area (Å²) in [4.78, 5) is 12.7. The van der Waals surface area contributed by atoms with E-state index in [0.29, 0.717) is 18.1 Å². The summed E-state index contributed by atoms with van der Waals surface area (Å²) < 4.78 is 38.3. The van der Waals surface area contributed by atoms with Gasteiger partial charge >= 0.3 is 0 Å². The number of hydrogen-bond donors (Lipinski definition) is 1. The molecule has 3 aromatic carbocycles. The maximum absolute atomic E-state index is 13.3. The van der Waals surface area contributed by atoms with Gasteiger partial charge in [-0.15, -0.1) is 0 Å². The molecule has 3 aromatic rings. The van der Waals surface area contributed by atoms with Crippen LogP contribution in [0.3, 0.4) is 0 Å². The molecule has 0 saturated heterocycles. The fourth-order valence-electron chi connectivity index (χ4n) is 3.09. The maximum Gasteiger partial charge on any atom is 0.255 e. The number of methoxy groups -OCH3 is 1. The van der Waals surface area contributed by atoms with Gasteiger partial charge in [0.15, 0.2) is 0 Å². The Morgan fingerprint density at radius 2 is 1.66 bits per heavy atom.